The van der Waals surface area contributed by atoms with E-state index in [1.54, 1.807) is 6.92 Å². The first kappa shape index (κ1) is 19.5. The Morgan fingerprint density at radius 3 is 2.67 bits per heavy atom. The van der Waals surface area contributed by atoms with Crippen LogP contribution < -0.4 is 10.5 Å². The van der Waals surface area contributed by atoms with Gasteiger partial charge in [0, 0.05) is 10.2 Å². The fraction of sp³-hybridized carbons (Fsp3) is 0.125. The van der Waals surface area contributed by atoms with Crippen LogP contribution in [0.15, 0.2) is 42.8 Å². The molecule has 0 atom stereocenters. The highest BCUT2D eigenvalue weighted by atomic mass is 79.9. The number of carbonyl (C=O) groups excluding carboxylic acids is 1. The SMILES string of the molecule is COC(=O)c1ccc(NS(=O)(=O)c2c(Br)cc3[nH]c(=O)oc3c2Cl)cc1C. The Labute approximate surface area is 166 Å². The maximum atomic E-state index is 12.8. The molecule has 142 valence electrons. The van der Waals surface area contributed by atoms with Gasteiger partial charge in [-0.1, -0.05) is 11.6 Å². The molecular formula is C16H12BrClN2O6S. The highest BCUT2D eigenvalue weighted by Crippen LogP contribution is 2.36. The molecule has 0 aliphatic heterocycles. The summed E-state index contributed by atoms with van der Waals surface area (Å²) in [5, 5.41) is -0.242. The molecule has 0 bridgehead atoms. The minimum atomic E-state index is -4.13. The predicted molar refractivity (Wildman–Crippen MR) is 103 cm³/mol. The summed E-state index contributed by atoms with van der Waals surface area (Å²) in [6, 6.07) is 5.74. The van der Waals surface area contributed by atoms with Crippen LogP contribution in [0.25, 0.3) is 11.1 Å². The van der Waals surface area contributed by atoms with Gasteiger partial charge in [-0.3, -0.25) is 9.71 Å². The molecule has 0 amide bonds. The molecule has 8 nitrogen and oxygen atoms in total. The monoisotopic (exact) mass is 474 g/mol. The van der Waals surface area contributed by atoms with Crippen molar-refractivity contribution >= 4 is 60.3 Å². The van der Waals surface area contributed by atoms with Crippen molar-refractivity contribution in [2.45, 2.75) is 11.8 Å². The Balaban J connectivity index is 2.05. The maximum absolute atomic E-state index is 12.8. The lowest BCUT2D eigenvalue weighted by Gasteiger charge is -2.13. The summed E-state index contributed by atoms with van der Waals surface area (Å²) in [5.74, 6) is -1.28. The first-order valence-corrected chi connectivity index (χ1v) is 10.0. The van der Waals surface area contributed by atoms with Gasteiger partial charge in [-0.2, -0.15) is 0 Å². The van der Waals surface area contributed by atoms with E-state index in [9.17, 15) is 18.0 Å². The lowest BCUT2D eigenvalue weighted by molar-refractivity contribution is 0.0600. The van der Waals surface area contributed by atoms with Gasteiger partial charge in [0.1, 0.15) is 9.92 Å². The number of sulfonamides is 1. The average molecular weight is 476 g/mol. The molecule has 0 saturated carbocycles. The van der Waals surface area contributed by atoms with Gasteiger partial charge >= 0.3 is 11.7 Å². The number of benzene rings is 2. The van der Waals surface area contributed by atoms with Gasteiger partial charge in [0.05, 0.1) is 18.2 Å². The molecule has 0 fully saturated rings. The predicted octanol–water partition coefficient (Wildman–Crippen LogP) is 3.43. The molecule has 0 saturated heterocycles. The van der Waals surface area contributed by atoms with Crippen LogP contribution in [0.4, 0.5) is 5.69 Å². The van der Waals surface area contributed by atoms with Crippen LogP contribution >= 0.6 is 27.5 Å². The van der Waals surface area contributed by atoms with Gasteiger partial charge in [-0.05, 0) is 52.7 Å². The zero-order chi connectivity index (χ0) is 19.9. The van der Waals surface area contributed by atoms with Crippen LogP contribution in [0.3, 0.4) is 0 Å². The zero-order valence-electron chi connectivity index (χ0n) is 13.9. The number of fused-ring (bicyclic) bond motifs is 1. The highest BCUT2D eigenvalue weighted by molar-refractivity contribution is 9.10. The fourth-order valence-corrected chi connectivity index (χ4v) is 5.43. The first-order chi connectivity index (χ1) is 12.6. The minimum Gasteiger partial charge on any atom is -0.465 e. The van der Waals surface area contributed by atoms with E-state index in [4.69, 9.17) is 16.0 Å². The number of hydrogen-bond acceptors (Lipinski definition) is 6. The summed E-state index contributed by atoms with van der Waals surface area (Å²) < 4.78 is 37.8. The molecule has 0 spiro atoms. The lowest BCUT2D eigenvalue weighted by atomic mass is 10.1. The van der Waals surface area contributed by atoms with Crippen LogP contribution in [0.2, 0.25) is 5.02 Å². The molecule has 3 aromatic rings. The number of H-pyrrole nitrogens is 1. The average Bonchev–Trinajstić information content (AvgIpc) is 2.94. The largest absolute Gasteiger partial charge is 0.465 e. The Hall–Kier alpha value is -2.30. The number of hydrogen-bond donors (Lipinski definition) is 2. The summed E-state index contributed by atoms with van der Waals surface area (Å²) in [7, 11) is -2.88. The topological polar surface area (TPSA) is 118 Å². The van der Waals surface area contributed by atoms with Gasteiger partial charge in [0.2, 0.25) is 0 Å². The van der Waals surface area contributed by atoms with Gasteiger partial charge < -0.3 is 9.15 Å². The number of halogens is 2. The number of aryl methyl sites for hydroxylation is 1. The number of rotatable bonds is 4. The quantitative estimate of drug-likeness (QED) is 0.558. The standard InChI is InChI=1S/C16H12BrClN2O6S/c1-7-5-8(3-4-9(7)15(21)25-2)20-27(23,24)14-10(17)6-11-13(12(14)18)26-16(22)19-11/h3-6,20H,1-2H3,(H,19,22). The van der Waals surface area contributed by atoms with Crippen LogP contribution in [0.1, 0.15) is 15.9 Å². The molecule has 1 heterocycles. The number of methoxy groups -OCH3 is 1. The van der Waals surface area contributed by atoms with E-state index < -0.39 is 21.7 Å². The number of aromatic amines is 1. The molecule has 0 unspecified atom stereocenters. The van der Waals surface area contributed by atoms with E-state index in [0.29, 0.717) is 11.1 Å². The van der Waals surface area contributed by atoms with E-state index in [0.717, 1.165) is 0 Å². The smallest absolute Gasteiger partial charge is 0.417 e. The van der Waals surface area contributed by atoms with Crippen molar-refractivity contribution in [2.75, 3.05) is 11.8 Å². The summed E-state index contributed by atoms with van der Waals surface area (Å²) in [6.07, 6.45) is 0. The van der Waals surface area contributed by atoms with Crippen LogP contribution in [0, 0.1) is 6.92 Å². The molecule has 1 aromatic heterocycles. The minimum absolute atomic E-state index is 0.0672. The summed E-state index contributed by atoms with van der Waals surface area (Å²) in [6.45, 7) is 1.65. The molecule has 2 aromatic carbocycles. The normalized spacial score (nSPS) is 11.6. The number of ether oxygens (including phenoxy) is 1. The lowest BCUT2D eigenvalue weighted by Crippen LogP contribution is -2.15. The molecular weight excluding hydrogens is 464 g/mol. The molecule has 27 heavy (non-hydrogen) atoms. The highest BCUT2D eigenvalue weighted by Gasteiger charge is 2.26. The van der Waals surface area contributed by atoms with Crippen molar-refractivity contribution in [1.82, 2.24) is 4.98 Å². The Morgan fingerprint density at radius 2 is 2.04 bits per heavy atom. The number of carbonyl (C=O) groups is 1. The first-order valence-electron chi connectivity index (χ1n) is 7.36. The summed E-state index contributed by atoms with van der Waals surface area (Å²) in [4.78, 5) is 25.1. The van der Waals surface area contributed by atoms with Gasteiger partial charge in [0.15, 0.2) is 5.58 Å². The third kappa shape index (κ3) is 3.60. The van der Waals surface area contributed by atoms with E-state index in [1.807, 2.05) is 0 Å². The van der Waals surface area contributed by atoms with Crippen molar-refractivity contribution in [3.05, 3.63) is 55.4 Å². The second kappa shape index (κ2) is 7.02. The third-order valence-corrected chi connectivity index (χ3v) is 6.54. The van der Waals surface area contributed by atoms with Crippen LogP contribution in [-0.2, 0) is 14.8 Å². The van der Waals surface area contributed by atoms with Crippen molar-refractivity contribution < 1.29 is 22.4 Å². The molecule has 0 aliphatic carbocycles. The number of nitrogens with one attached hydrogen (secondary N) is 2. The van der Waals surface area contributed by atoms with Crippen molar-refractivity contribution in [3.8, 4) is 0 Å². The fourth-order valence-electron chi connectivity index (χ4n) is 2.52. The molecule has 0 aliphatic rings. The van der Waals surface area contributed by atoms with Crippen molar-refractivity contribution in [1.29, 1.82) is 0 Å². The maximum Gasteiger partial charge on any atom is 0.417 e. The molecule has 11 heteroatoms. The summed E-state index contributed by atoms with van der Waals surface area (Å²) >= 11 is 9.32. The Kier molecular flexibility index (Phi) is 5.06. The van der Waals surface area contributed by atoms with Crippen molar-refractivity contribution in [2.24, 2.45) is 0 Å². The van der Waals surface area contributed by atoms with E-state index in [1.165, 1.54) is 31.4 Å². The van der Waals surface area contributed by atoms with E-state index in [2.05, 4.69) is 30.4 Å². The van der Waals surface area contributed by atoms with Gasteiger partial charge in [0.25, 0.3) is 10.0 Å². The third-order valence-electron chi connectivity index (χ3n) is 3.72. The Morgan fingerprint density at radius 1 is 1.33 bits per heavy atom. The molecule has 0 radical (unpaired) electrons. The second-order valence-electron chi connectivity index (χ2n) is 5.52. The number of anilines is 1. The second-order valence-corrected chi connectivity index (χ2v) is 8.37. The van der Waals surface area contributed by atoms with Crippen LogP contribution in [-0.4, -0.2) is 26.5 Å². The van der Waals surface area contributed by atoms with E-state index >= 15 is 0 Å². The number of esters is 1. The zero-order valence-corrected chi connectivity index (χ0v) is 17.1. The molecule has 3 rings (SSSR count). The summed E-state index contributed by atoms with van der Waals surface area (Å²) in [5.41, 5.74) is 1.25. The Bertz CT molecular complexity index is 1230. The van der Waals surface area contributed by atoms with Crippen LogP contribution in [0.5, 0.6) is 0 Å². The van der Waals surface area contributed by atoms with E-state index in [-0.39, 0.29) is 31.2 Å². The number of oxazole rings is 1. The van der Waals surface area contributed by atoms with Crippen molar-refractivity contribution in [3.63, 3.8) is 0 Å². The number of aromatic nitrogens is 1. The van der Waals surface area contributed by atoms with Gasteiger partial charge in [-0.15, -0.1) is 0 Å². The van der Waals surface area contributed by atoms with Gasteiger partial charge in [-0.25, -0.2) is 18.0 Å². The molecule has 2 N–H and O–H groups in total.